The zero-order valence-corrected chi connectivity index (χ0v) is 12.8. The van der Waals surface area contributed by atoms with E-state index in [1.54, 1.807) is 34.9 Å². The van der Waals surface area contributed by atoms with Crippen LogP contribution < -0.4 is 5.32 Å². The van der Waals surface area contributed by atoms with E-state index in [-0.39, 0.29) is 21.0 Å². The number of nitro groups is 1. The van der Waals surface area contributed by atoms with Gasteiger partial charge in [0.15, 0.2) is 0 Å². The van der Waals surface area contributed by atoms with Gasteiger partial charge in [0.25, 0.3) is 5.69 Å². The van der Waals surface area contributed by atoms with Crippen LogP contribution in [0.5, 0.6) is 0 Å². The summed E-state index contributed by atoms with van der Waals surface area (Å²) in [6.07, 6.45) is 2.12. The third-order valence-electron chi connectivity index (χ3n) is 2.72. The van der Waals surface area contributed by atoms with E-state index in [2.05, 4.69) is 5.32 Å². The first-order valence-corrected chi connectivity index (χ1v) is 6.97. The van der Waals surface area contributed by atoms with Crippen LogP contribution in [0.25, 0.3) is 0 Å². The molecule has 0 aliphatic rings. The zero-order chi connectivity index (χ0) is 14.7. The summed E-state index contributed by atoms with van der Waals surface area (Å²) in [7, 11) is 0. The minimum atomic E-state index is -0.524. The topological polar surface area (TPSA) is 68.3 Å². The van der Waals surface area contributed by atoms with Crippen molar-refractivity contribution < 1.29 is 13.7 Å². The van der Waals surface area contributed by atoms with Crippen molar-refractivity contribution in [3.63, 3.8) is 0 Å². The molecule has 7 heteroatoms. The Hall–Kier alpha value is -1.64. The van der Waals surface area contributed by atoms with Crippen LogP contribution in [0.15, 0.2) is 34.9 Å². The van der Waals surface area contributed by atoms with Crippen molar-refractivity contribution >= 4 is 34.0 Å². The van der Waals surface area contributed by atoms with Crippen LogP contribution in [0.1, 0.15) is 12.7 Å². The number of anilines is 1. The first-order valence-electron chi connectivity index (χ1n) is 5.89. The van der Waals surface area contributed by atoms with E-state index in [9.17, 15) is 14.5 Å². The predicted molar refractivity (Wildman–Crippen MR) is 81.3 cm³/mol. The van der Waals surface area contributed by atoms with Gasteiger partial charge in [0, 0.05) is 24.6 Å². The Morgan fingerprint density at radius 1 is 1.55 bits per heavy atom. The Morgan fingerprint density at radius 3 is 2.90 bits per heavy atom. The van der Waals surface area contributed by atoms with Crippen molar-refractivity contribution in [3.05, 3.63) is 55.8 Å². The summed E-state index contributed by atoms with van der Waals surface area (Å²) in [5.74, 6) is 0.280. The summed E-state index contributed by atoms with van der Waals surface area (Å²) in [6.45, 7) is 1.85. The molecule has 0 amide bonds. The molecule has 1 aromatic carbocycles. The lowest BCUT2D eigenvalue weighted by molar-refractivity contribution is -0.384. The number of hydrogen-bond acceptors (Lipinski definition) is 4. The van der Waals surface area contributed by atoms with Gasteiger partial charge >= 0.3 is 0 Å². The van der Waals surface area contributed by atoms with E-state index in [4.69, 9.17) is 4.42 Å². The molecule has 2 aromatic rings. The SMILES string of the molecule is CC(Cc1ccco1)Nc1cc(F)c(I)cc1[N+](=O)[O-]. The second-order valence-corrected chi connectivity index (χ2v) is 5.53. The monoisotopic (exact) mass is 390 g/mol. The average molecular weight is 390 g/mol. The lowest BCUT2D eigenvalue weighted by atomic mass is 10.1. The van der Waals surface area contributed by atoms with E-state index in [0.29, 0.717) is 6.42 Å². The molecule has 0 saturated heterocycles. The van der Waals surface area contributed by atoms with E-state index >= 15 is 0 Å². The quantitative estimate of drug-likeness (QED) is 0.477. The number of furan rings is 1. The maximum atomic E-state index is 13.6. The fourth-order valence-corrected chi connectivity index (χ4v) is 2.30. The number of benzene rings is 1. The largest absolute Gasteiger partial charge is 0.469 e. The number of rotatable bonds is 5. The molecule has 106 valence electrons. The summed E-state index contributed by atoms with van der Waals surface area (Å²) in [4.78, 5) is 10.5. The molecule has 1 aromatic heterocycles. The Labute approximate surface area is 128 Å². The molecule has 1 N–H and O–H groups in total. The summed E-state index contributed by atoms with van der Waals surface area (Å²) >= 11 is 1.73. The van der Waals surface area contributed by atoms with Crippen LogP contribution in [-0.2, 0) is 6.42 Å². The maximum absolute atomic E-state index is 13.6. The van der Waals surface area contributed by atoms with Crippen LogP contribution >= 0.6 is 22.6 Å². The molecular formula is C13H12FIN2O3. The van der Waals surface area contributed by atoms with Crippen LogP contribution in [0.4, 0.5) is 15.8 Å². The van der Waals surface area contributed by atoms with Gasteiger partial charge in [-0.1, -0.05) is 0 Å². The van der Waals surface area contributed by atoms with Gasteiger partial charge in [0.1, 0.15) is 17.3 Å². The minimum absolute atomic E-state index is 0.126. The van der Waals surface area contributed by atoms with Gasteiger partial charge in [0.05, 0.1) is 14.8 Å². The summed E-state index contributed by atoms with van der Waals surface area (Å²) in [6, 6.07) is 5.84. The Morgan fingerprint density at radius 2 is 2.30 bits per heavy atom. The first-order chi connectivity index (χ1) is 9.47. The molecule has 0 bridgehead atoms. The van der Waals surface area contributed by atoms with E-state index in [1.807, 2.05) is 13.0 Å². The third-order valence-corrected chi connectivity index (χ3v) is 3.55. The summed E-state index contributed by atoms with van der Waals surface area (Å²) < 4.78 is 19.0. The molecule has 1 unspecified atom stereocenters. The highest BCUT2D eigenvalue weighted by atomic mass is 127. The summed E-state index contributed by atoms with van der Waals surface area (Å²) in [5.41, 5.74) is 0.0362. The number of nitro benzene ring substituents is 1. The zero-order valence-electron chi connectivity index (χ0n) is 10.6. The number of halogens is 2. The molecule has 0 saturated carbocycles. The summed E-state index contributed by atoms with van der Waals surface area (Å²) in [5, 5.41) is 14.0. The number of hydrogen-bond donors (Lipinski definition) is 1. The normalized spacial score (nSPS) is 12.2. The first kappa shape index (κ1) is 14.8. The van der Waals surface area contributed by atoms with Crippen molar-refractivity contribution in [2.75, 3.05) is 5.32 Å². The van der Waals surface area contributed by atoms with Crippen molar-refractivity contribution in [2.45, 2.75) is 19.4 Å². The van der Waals surface area contributed by atoms with Gasteiger partial charge in [-0.3, -0.25) is 10.1 Å². The fourth-order valence-electron chi connectivity index (χ4n) is 1.85. The van der Waals surface area contributed by atoms with Crippen molar-refractivity contribution in [1.29, 1.82) is 0 Å². The lowest BCUT2D eigenvalue weighted by Crippen LogP contribution is -2.18. The highest BCUT2D eigenvalue weighted by Crippen LogP contribution is 2.29. The lowest BCUT2D eigenvalue weighted by Gasteiger charge is -2.14. The van der Waals surface area contributed by atoms with Crippen molar-refractivity contribution in [1.82, 2.24) is 0 Å². The molecule has 1 heterocycles. The third kappa shape index (κ3) is 3.47. The van der Waals surface area contributed by atoms with Crippen LogP contribution in [0.3, 0.4) is 0 Å². The molecule has 0 aliphatic heterocycles. The van der Waals surface area contributed by atoms with Crippen molar-refractivity contribution in [2.24, 2.45) is 0 Å². The average Bonchev–Trinajstić information content (AvgIpc) is 2.85. The molecule has 2 rings (SSSR count). The second kappa shape index (κ2) is 6.21. The number of nitrogens with one attached hydrogen (secondary N) is 1. The van der Waals surface area contributed by atoms with E-state index in [1.165, 1.54) is 6.07 Å². The highest BCUT2D eigenvalue weighted by molar-refractivity contribution is 14.1. The van der Waals surface area contributed by atoms with Gasteiger partial charge in [-0.15, -0.1) is 0 Å². The second-order valence-electron chi connectivity index (χ2n) is 4.37. The Kier molecular flexibility index (Phi) is 4.58. The van der Waals surface area contributed by atoms with Gasteiger partial charge in [0.2, 0.25) is 0 Å². The standard InChI is InChI=1S/C13H12FIN2O3/c1-8(5-9-3-2-4-20-9)16-12-6-10(14)11(15)7-13(12)17(18)19/h2-4,6-8,16H,5H2,1H3. The van der Waals surface area contributed by atoms with Crippen molar-refractivity contribution in [3.8, 4) is 0 Å². The molecule has 5 nitrogen and oxygen atoms in total. The smallest absolute Gasteiger partial charge is 0.293 e. The minimum Gasteiger partial charge on any atom is -0.469 e. The molecule has 0 fully saturated rings. The molecule has 1 atom stereocenters. The number of nitrogens with zero attached hydrogens (tertiary/aromatic N) is 1. The van der Waals surface area contributed by atoms with Crippen LogP contribution in [0.2, 0.25) is 0 Å². The van der Waals surface area contributed by atoms with Crippen LogP contribution in [0, 0.1) is 19.5 Å². The van der Waals surface area contributed by atoms with Gasteiger partial charge < -0.3 is 9.73 Å². The van der Waals surface area contributed by atoms with Gasteiger partial charge in [-0.25, -0.2) is 4.39 Å². The highest BCUT2D eigenvalue weighted by Gasteiger charge is 2.19. The van der Waals surface area contributed by atoms with E-state index < -0.39 is 10.7 Å². The van der Waals surface area contributed by atoms with E-state index in [0.717, 1.165) is 11.8 Å². The Balaban J connectivity index is 2.19. The molecular weight excluding hydrogens is 378 g/mol. The molecule has 20 heavy (non-hydrogen) atoms. The fraction of sp³-hybridized carbons (Fsp3) is 0.231. The van der Waals surface area contributed by atoms with Gasteiger partial charge in [-0.2, -0.15) is 0 Å². The Bertz CT molecular complexity index is 616. The van der Waals surface area contributed by atoms with Crippen LogP contribution in [-0.4, -0.2) is 11.0 Å². The molecule has 0 aliphatic carbocycles. The maximum Gasteiger partial charge on any atom is 0.293 e. The molecule has 0 spiro atoms. The molecule has 0 radical (unpaired) electrons. The predicted octanol–water partition coefficient (Wildman–Crippen LogP) is 3.97. The van der Waals surface area contributed by atoms with Gasteiger partial charge in [-0.05, 0) is 41.6 Å².